The second-order valence-electron chi connectivity index (χ2n) is 5.24. The Kier molecular flexibility index (Phi) is 6.37. The fraction of sp³-hybridized carbons (Fsp3) is 0.263. The fourth-order valence-corrected chi connectivity index (χ4v) is 2.18. The SMILES string of the molecule is CCOC(=O)c1cccc(OCC(=O)N[C@H](C)c2ccccc2)c1. The Bertz CT molecular complexity index is 685. The quantitative estimate of drug-likeness (QED) is 0.794. The van der Waals surface area contributed by atoms with Crippen LogP contribution in [0.15, 0.2) is 54.6 Å². The van der Waals surface area contributed by atoms with Crippen molar-refractivity contribution in [2.45, 2.75) is 19.9 Å². The third-order valence-corrected chi connectivity index (χ3v) is 3.39. The van der Waals surface area contributed by atoms with Gasteiger partial charge in [0.25, 0.3) is 5.91 Å². The summed E-state index contributed by atoms with van der Waals surface area (Å²) in [5, 5.41) is 2.87. The molecule has 2 aromatic rings. The van der Waals surface area contributed by atoms with E-state index >= 15 is 0 Å². The maximum atomic E-state index is 12.0. The zero-order valence-electron chi connectivity index (χ0n) is 13.8. The average molecular weight is 327 g/mol. The first-order valence-corrected chi connectivity index (χ1v) is 7.84. The van der Waals surface area contributed by atoms with E-state index in [2.05, 4.69) is 5.32 Å². The minimum atomic E-state index is -0.412. The van der Waals surface area contributed by atoms with Crippen LogP contribution in [0, 0.1) is 0 Å². The lowest BCUT2D eigenvalue weighted by Crippen LogP contribution is -2.31. The number of esters is 1. The summed E-state index contributed by atoms with van der Waals surface area (Å²) in [6.45, 7) is 3.85. The largest absolute Gasteiger partial charge is 0.484 e. The molecule has 2 rings (SSSR count). The molecule has 0 saturated carbocycles. The van der Waals surface area contributed by atoms with Crippen LogP contribution >= 0.6 is 0 Å². The van der Waals surface area contributed by atoms with Gasteiger partial charge in [-0.25, -0.2) is 4.79 Å². The summed E-state index contributed by atoms with van der Waals surface area (Å²) in [6, 6.07) is 16.2. The highest BCUT2D eigenvalue weighted by atomic mass is 16.5. The molecule has 0 aliphatic heterocycles. The number of hydrogen-bond donors (Lipinski definition) is 1. The molecule has 5 nitrogen and oxygen atoms in total. The molecular weight excluding hydrogens is 306 g/mol. The predicted molar refractivity (Wildman–Crippen MR) is 90.9 cm³/mol. The van der Waals surface area contributed by atoms with Gasteiger partial charge >= 0.3 is 5.97 Å². The van der Waals surface area contributed by atoms with Gasteiger partial charge in [0.05, 0.1) is 18.2 Å². The van der Waals surface area contributed by atoms with Crippen LogP contribution in [0.3, 0.4) is 0 Å². The smallest absolute Gasteiger partial charge is 0.338 e. The van der Waals surface area contributed by atoms with E-state index < -0.39 is 5.97 Å². The van der Waals surface area contributed by atoms with Gasteiger partial charge in [-0.15, -0.1) is 0 Å². The van der Waals surface area contributed by atoms with Crippen molar-refractivity contribution >= 4 is 11.9 Å². The van der Waals surface area contributed by atoms with Gasteiger partial charge in [-0.1, -0.05) is 36.4 Å². The van der Waals surface area contributed by atoms with Crippen LogP contribution in [0.5, 0.6) is 5.75 Å². The minimum Gasteiger partial charge on any atom is -0.484 e. The molecule has 0 spiro atoms. The van der Waals surface area contributed by atoms with Crippen molar-refractivity contribution in [1.82, 2.24) is 5.32 Å². The van der Waals surface area contributed by atoms with E-state index in [0.717, 1.165) is 5.56 Å². The molecule has 126 valence electrons. The lowest BCUT2D eigenvalue weighted by molar-refractivity contribution is -0.123. The van der Waals surface area contributed by atoms with Crippen molar-refractivity contribution in [2.24, 2.45) is 0 Å². The van der Waals surface area contributed by atoms with Crippen molar-refractivity contribution in [2.75, 3.05) is 13.2 Å². The fourth-order valence-electron chi connectivity index (χ4n) is 2.18. The summed E-state index contributed by atoms with van der Waals surface area (Å²) < 4.78 is 10.4. The topological polar surface area (TPSA) is 64.6 Å². The highest BCUT2D eigenvalue weighted by Gasteiger charge is 2.11. The van der Waals surface area contributed by atoms with Gasteiger partial charge in [-0.05, 0) is 37.6 Å². The van der Waals surface area contributed by atoms with Crippen molar-refractivity contribution in [3.05, 3.63) is 65.7 Å². The van der Waals surface area contributed by atoms with E-state index in [-0.39, 0.29) is 18.6 Å². The van der Waals surface area contributed by atoms with Gasteiger partial charge in [0, 0.05) is 0 Å². The Balaban J connectivity index is 1.87. The van der Waals surface area contributed by atoms with Crippen LogP contribution in [-0.4, -0.2) is 25.1 Å². The van der Waals surface area contributed by atoms with Gasteiger partial charge in [0.2, 0.25) is 0 Å². The van der Waals surface area contributed by atoms with Crippen molar-refractivity contribution in [3.63, 3.8) is 0 Å². The summed E-state index contributed by atoms with van der Waals surface area (Å²) >= 11 is 0. The third-order valence-electron chi connectivity index (χ3n) is 3.39. The molecule has 0 aliphatic rings. The summed E-state index contributed by atoms with van der Waals surface area (Å²) in [4.78, 5) is 23.7. The molecule has 24 heavy (non-hydrogen) atoms. The number of ether oxygens (including phenoxy) is 2. The predicted octanol–water partition coefficient (Wildman–Crippen LogP) is 3.12. The molecule has 0 bridgehead atoms. The molecule has 0 aromatic heterocycles. The van der Waals surface area contributed by atoms with Crippen LogP contribution in [0.4, 0.5) is 0 Å². The zero-order chi connectivity index (χ0) is 17.4. The second kappa shape index (κ2) is 8.72. The molecular formula is C19H21NO4. The lowest BCUT2D eigenvalue weighted by Gasteiger charge is -2.14. The molecule has 0 heterocycles. The summed E-state index contributed by atoms with van der Waals surface area (Å²) in [7, 11) is 0. The molecule has 0 aliphatic carbocycles. The van der Waals surface area contributed by atoms with Gasteiger partial charge in [-0.2, -0.15) is 0 Å². The van der Waals surface area contributed by atoms with E-state index in [1.165, 1.54) is 0 Å². The van der Waals surface area contributed by atoms with E-state index in [9.17, 15) is 9.59 Å². The van der Waals surface area contributed by atoms with Crippen LogP contribution < -0.4 is 10.1 Å². The maximum Gasteiger partial charge on any atom is 0.338 e. The summed E-state index contributed by atoms with van der Waals surface area (Å²) in [5.41, 5.74) is 1.42. The molecule has 5 heteroatoms. The Hall–Kier alpha value is -2.82. The van der Waals surface area contributed by atoms with Crippen LogP contribution in [0.1, 0.15) is 35.8 Å². The molecule has 1 amide bonds. The average Bonchev–Trinajstić information content (AvgIpc) is 2.61. The highest BCUT2D eigenvalue weighted by molar-refractivity contribution is 5.89. The molecule has 0 radical (unpaired) electrons. The first kappa shape index (κ1) is 17.5. The van der Waals surface area contributed by atoms with Crippen molar-refractivity contribution in [3.8, 4) is 5.75 Å². The van der Waals surface area contributed by atoms with E-state index in [1.807, 2.05) is 37.3 Å². The zero-order valence-corrected chi connectivity index (χ0v) is 13.8. The Labute approximate surface area is 141 Å². The van der Waals surface area contributed by atoms with E-state index in [1.54, 1.807) is 31.2 Å². The van der Waals surface area contributed by atoms with Gasteiger partial charge in [0.15, 0.2) is 6.61 Å². The standard InChI is InChI=1S/C19H21NO4/c1-3-23-19(22)16-10-7-11-17(12-16)24-13-18(21)20-14(2)15-8-5-4-6-9-15/h4-12,14H,3,13H2,1-2H3,(H,20,21)/t14-/m1/s1. The van der Waals surface area contributed by atoms with Gasteiger partial charge < -0.3 is 14.8 Å². The third kappa shape index (κ3) is 5.12. The Morgan fingerprint density at radius 2 is 1.83 bits per heavy atom. The number of nitrogens with one attached hydrogen (secondary N) is 1. The minimum absolute atomic E-state index is 0.104. The van der Waals surface area contributed by atoms with Crippen LogP contribution in [0.25, 0.3) is 0 Å². The molecule has 1 atom stereocenters. The van der Waals surface area contributed by atoms with E-state index in [0.29, 0.717) is 17.9 Å². The molecule has 1 N–H and O–H groups in total. The van der Waals surface area contributed by atoms with E-state index in [4.69, 9.17) is 9.47 Å². The van der Waals surface area contributed by atoms with Crippen LogP contribution in [-0.2, 0) is 9.53 Å². The Morgan fingerprint density at radius 1 is 1.08 bits per heavy atom. The summed E-state index contributed by atoms with van der Waals surface area (Å²) in [6.07, 6.45) is 0. The van der Waals surface area contributed by atoms with Gasteiger partial charge in [0.1, 0.15) is 5.75 Å². The monoisotopic (exact) mass is 327 g/mol. The first-order chi connectivity index (χ1) is 11.6. The highest BCUT2D eigenvalue weighted by Crippen LogP contribution is 2.15. The summed E-state index contributed by atoms with van der Waals surface area (Å²) in [5.74, 6) is -0.193. The number of benzene rings is 2. The molecule has 0 fully saturated rings. The number of rotatable bonds is 7. The number of carbonyl (C=O) groups excluding carboxylic acids is 2. The normalized spacial score (nSPS) is 11.4. The van der Waals surface area contributed by atoms with Gasteiger partial charge in [-0.3, -0.25) is 4.79 Å². The number of amides is 1. The second-order valence-corrected chi connectivity index (χ2v) is 5.24. The first-order valence-electron chi connectivity index (χ1n) is 7.84. The molecule has 0 saturated heterocycles. The maximum absolute atomic E-state index is 12.0. The van der Waals surface area contributed by atoms with Crippen molar-refractivity contribution < 1.29 is 19.1 Å². The number of hydrogen-bond acceptors (Lipinski definition) is 4. The Morgan fingerprint density at radius 3 is 2.54 bits per heavy atom. The molecule has 0 unspecified atom stereocenters. The van der Waals surface area contributed by atoms with Crippen LogP contribution in [0.2, 0.25) is 0 Å². The molecule has 2 aromatic carbocycles. The number of carbonyl (C=O) groups is 2. The lowest BCUT2D eigenvalue weighted by atomic mass is 10.1. The van der Waals surface area contributed by atoms with Crippen molar-refractivity contribution in [1.29, 1.82) is 0 Å².